The average molecular weight is 310 g/mol. The van der Waals surface area contributed by atoms with E-state index in [1.807, 2.05) is 0 Å². The van der Waals surface area contributed by atoms with Crippen molar-refractivity contribution in [3.63, 3.8) is 0 Å². The van der Waals surface area contributed by atoms with E-state index in [1.165, 1.54) is 35.0 Å². The molecule has 1 aromatic carbocycles. The smallest absolute Gasteiger partial charge is 0.0375 e. The van der Waals surface area contributed by atoms with Gasteiger partial charge in [0.05, 0.1) is 0 Å². The van der Waals surface area contributed by atoms with Crippen LogP contribution in [0.4, 0.5) is 5.69 Å². The molecule has 2 unspecified atom stereocenters. The van der Waals surface area contributed by atoms with Crippen molar-refractivity contribution in [1.29, 1.82) is 0 Å². The van der Waals surface area contributed by atoms with Crippen molar-refractivity contribution < 1.29 is 0 Å². The third-order valence-corrected chi connectivity index (χ3v) is 4.81. The minimum atomic E-state index is 0.630. The first-order valence-corrected chi connectivity index (χ1v) is 7.96. The highest BCUT2D eigenvalue weighted by Crippen LogP contribution is 2.32. The molecule has 0 saturated heterocycles. The summed E-state index contributed by atoms with van der Waals surface area (Å²) < 4.78 is 1.18. The summed E-state index contributed by atoms with van der Waals surface area (Å²) in [5, 5.41) is 3.81. The molecule has 1 nitrogen and oxygen atoms in total. The van der Waals surface area contributed by atoms with E-state index in [4.69, 9.17) is 0 Å². The Morgan fingerprint density at radius 2 is 1.89 bits per heavy atom. The fraction of sp³-hybridized carbons (Fsp3) is 0.625. The Balaban J connectivity index is 2.17. The highest BCUT2D eigenvalue weighted by Gasteiger charge is 2.27. The maximum absolute atomic E-state index is 3.81. The molecule has 1 N–H and O–H groups in total. The maximum Gasteiger partial charge on any atom is 0.0375 e. The second kappa shape index (κ2) is 6.10. The van der Waals surface area contributed by atoms with Gasteiger partial charge in [0.15, 0.2) is 0 Å². The number of rotatable bonds is 3. The first-order valence-electron chi connectivity index (χ1n) is 7.16. The molecule has 0 heterocycles. The molecule has 0 aliphatic heterocycles. The standard InChI is InChI=1S/C16H24BrN/c1-4-13-10-14(17)8-9-15(13)18-16-11(2)6-5-7-12(16)3/h8-12,16,18H,4-7H2,1-3H3. The Morgan fingerprint density at radius 3 is 2.50 bits per heavy atom. The van der Waals surface area contributed by atoms with Crippen LogP contribution in [0.15, 0.2) is 22.7 Å². The molecule has 0 aromatic heterocycles. The third kappa shape index (κ3) is 3.09. The van der Waals surface area contributed by atoms with Gasteiger partial charge in [-0.2, -0.15) is 0 Å². The molecule has 18 heavy (non-hydrogen) atoms. The number of halogens is 1. The first-order chi connectivity index (χ1) is 8.61. The van der Waals surface area contributed by atoms with Crippen molar-refractivity contribution in [2.24, 2.45) is 11.8 Å². The number of benzene rings is 1. The van der Waals surface area contributed by atoms with E-state index in [9.17, 15) is 0 Å². The predicted octanol–water partition coefficient (Wildman–Crippen LogP) is 5.25. The van der Waals surface area contributed by atoms with Gasteiger partial charge in [0.25, 0.3) is 0 Å². The molecular formula is C16H24BrN. The van der Waals surface area contributed by atoms with E-state index >= 15 is 0 Å². The van der Waals surface area contributed by atoms with Crippen molar-refractivity contribution in [3.05, 3.63) is 28.2 Å². The Hall–Kier alpha value is -0.500. The van der Waals surface area contributed by atoms with Crippen molar-refractivity contribution in [3.8, 4) is 0 Å². The maximum atomic E-state index is 3.81. The van der Waals surface area contributed by atoms with E-state index in [-0.39, 0.29) is 0 Å². The summed E-state index contributed by atoms with van der Waals surface area (Å²) in [5.74, 6) is 1.56. The highest BCUT2D eigenvalue weighted by molar-refractivity contribution is 9.10. The van der Waals surface area contributed by atoms with Gasteiger partial charge in [0.1, 0.15) is 0 Å². The minimum Gasteiger partial charge on any atom is -0.382 e. The summed E-state index contributed by atoms with van der Waals surface area (Å²) in [6.45, 7) is 7.00. The van der Waals surface area contributed by atoms with E-state index in [1.54, 1.807) is 0 Å². The normalized spacial score (nSPS) is 28.1. The summed E-state index contributed by atoms with van der Waals surface area (Å²) >= 11 is 3.56. The zero-order valence-electron chi connectivity index (χ0n) is 11.7. The highest BCUT2D eigenvalue weighted by atomic mass is 79.9. The van der Waals surface area contributed by atoms with Gasteiger partial charge in [-0.25, -0.2) is 0 Å². The monoisotopic (exact) mass is 309 g/mol. The largest absolute Gasteiger partial charge is 0.382 e. The van der Waals surface area contributed by atoms with Gasteiger partial charge in [0.2, 0.25) is 0 Å². The molecule has 1 aromatic rings. The summed E-state index contributed by atoms with van der Waals surface area (Å²) in [6.07, 6.45) is 5.19. The van der Waals surface area contributed by atoms with Crippen LogP contribution in [0, 0.1) is 11.8 Å². The van der Waals surface area contributed by atoms with Gasteiger partial charge < -0.3 is 5.32 Å². The van der Waals surface area contributed by atoms with Crippen LogP contribution < -0.4 is 5.32 Å². The van der Waals surface area contributed by atoms with Gasteiger partial charge in [-0.05, 0) is 54.9 Å². The Morgan fingerprint density at radius 1 is 1.22 bits per heavy atom. The number of hydrogen-bond donors (Lipinski definition) is 1. The fourth-order valence-corrected chi connectivity index (χ4v) is 3.55. The van der Waals surface area contributed by atoms with Crippen LogP contribution in [-0.2, 0) is 6.42 Å². The second-order valence-electron chi connectivity index (χ2n) is 5.71. The van der Waals surface area contributed by atoms with Gasteiger partial charge in [-0.1, -0.05) is 43.1 Å². The van der Waals surface area contributed by atoms with E-state index in [2.05, 4.69) is 60.2 Å². The van der Waals surface area contributed by atoms with Crippen LogP contribution in [-0.4, -0.2) is 6.04 Å². The molecule has 2 heteroatoms. The SMILES string of the molecule is CCc1cc(Br)ccc1NC1C(C)CCCC1C. The summed E-state index contributed by atoms with van der Waals surface area (Å²) in [4.78, 5) is 0. The summed E-state index contributed by atoms with van der Waals surface area (Å²) in [5.41, 5.74) is 2.74. The van der Waals surface area contributed by atoms with E-state index < -0.39 is 0 Å². The molecule has 0 amide bonds. The van der Waals surface area contributed by atoms with Crippen LogP contribution in [0.2, 0.25) is 0 Å². The van der Waals surface area contributed by atoms with Crippen molar-refractivity contribution in [2.75, 3.05) is 5.32 Å². The van der Waals surface area contributed by atoms with E-state index in [0.29, 0.717) is 6.04 Å². The molecule has 0 bridgehead atoms. The van der Waals surface area contributed by atoms with Crippen molar-refractivity contribution >= 4 is 21.6 Å². The molecular weight excluding hydrogens is 286 g/mol. The second-order valence-corrected chi connectivity index (χ2v) is 6.63. The van der Waals surface area contributed by atoms with Crippen molar-refractivity contribution in [2.45, 2.75) is 52.5 Å². The van der Waals surface area contributed by atoms with E-state index in [0.717, 1.165) is 18.3 Å². The number of hydrogen-bond acceptors (Lipinski definition) is 1. The lowest BCUT2D eigenvalue weighted by Crippen LogP contribution is -2.37. The predicted molar refractivity (Wildman–Crippen MR) is 83.1 cm³/mol. The quantitative estimate of drug-likeness (QED) is 0.804. The fourth-order valence-electron chi connectivity index (χ4n) is 3.14. The minimum absolute atomic E-state index is 0.630. The van der Waals surface area contributed by atoms with Gasteiger partial charge in [-0.15, -0.1) is 0 Å². The lowest BCUT2D eigenvalue weighted by molar-refractivity contribution is 0.268. The number of anilines is 1. The third-order valence-electron chi connectivity index (χ3n) is 4.32. The average Bonchev–Trinajstić information content (AvgIpc) is 2.35. The van der Waals surface area contributed by atoms with Crippen LogP contribution in [0.3, 0.4) is 0 Å². The molecule has 1 saturated carbocycles. The molecule has 0 spiro atoms. The number of aryl methyl sites for hydroxylation is 1. The Kier molecular flexibility index (Phi) is 4.71. The van der Waals surface area contributed by atoms with Crippen LogP contribution in [0.25, 0.3) is 0 Å². The lowest BCUT2D eigenvalue weighted by atomic mass is 9.78. The van der Waals surface area contributed by atoms with Gasteiger partial charge >= 0.3 is 0 Å². The lowest BCUT2D eigenvalue weighted by Gasteiger charge is -2.36. The van der Waals surface area contributed by atoms with Gasteiger partial charge in [0, 0.05) is 16.2 Å². The Labute approximate surface area is 119 Å². The topological polar surface area (TPSA) is 12.0 Å². The van der Waals surface area contributed by atoms with Crippen molar-refractivity contribution in [1.82, 2.24) is 0 Å². The zero-order valence-corrected chi connectivity index (χ0v) is 13.3. The number of nitrogens with one attached hydrogen (secondary N) is 1. The molecule has 1 fully saturated rings. The zero-order chi connectivity index (χ0) is 13.1. The summed E-state index contributed by atoms with van der Waals surface area (Å²) in [7, 11) is 0. The molecule has 0 radical (unpaired) electrons. The van der Waals surface area contributed by atoms with Crippen LogP contribution >= 0.6 is 15.9 Å². The van der Waals surface area contributed by atoms with Crippen LogP contribution in [0.5, 0.6) is 0 Å². The van der Waals surface area contributed by atoms with Crippen LogP contribution in [0.1, 0.15) is 45.6 Å². The molecule has 1 aliphatic rings. The molecule has 1 aliphatic carbocycles. The summed E-state index contributed by atoms with van der Waals surface area (Å²) in [6, 6.07) is 7.22. The molecule has 100 valence electrons. The first kappa shape index (κ1) is 13.9. The molecule has 2 rings (SSSR count). The molecule has 2 atom stereocenters. The Bertz CT molecular complexity index is 392. The van der Waals surface area contributed by atoms with Gasteiger partial charge in [-0.3, -0.25) is 0 Å².